The Kier molecular flexibility index (Phi) is 3.56. The third-order valence-corrected chi connectivity index (χ3v) is 2.98. The molecule has 0 N–H and O–H groups in total. The number of amides is 1. The summed E-state index contributed by atoms with van der Waals surface area (Å²) in [4.78, 5) is 14.0. The third-order valence-electron chi connectivity index (χ3n) is 2.98. The van der Waals surface area contributed by atoms with Crippen molar-refractivity contribution in [3.63, 3.8) is 0 Å². The second kappa shape index (κ2) is 5.31. The fourth-order valence-corrected chi connectivity index (χ4v) is 2.00. The van der Waals surface area contributed by atoms with Crippen LogP contribution in [0.2, 0.25) is 0 Å². The van der Waals surface area contributed by atoms with Crippen LogP contribution in [-0.2, 0) is 0 Å². The van der Waals surface area contributed by atoms with Crippen LogP contribution in [0, 0.1) is 11.3 Å². The highest BCUT2D eigenvalue weighted by atomic mass is 16.2. The maximum atomic E-state index is 12.1. The van der Waals surface area contributed by atoms with Crippen LogP contribution in [0.1, 0.15) is 23.2 Å². The summed E-state index contributed by atoms with van der Waals surface area (Å²) in [7, 11) is 0. The van der Waals surface area contributed by atoms with Crippen LogP contribution in [-0.4, -0.2) is 23.9 Å². The van der Waals surface area contributed by atoms with Crippen LogP contribution in [0.3, 0.4) is 0 Å². The van der Waals surface area contributed by atoms with Gasteiger partial charge >= 0.3 is 0 Å². The minimum absolute atomic E-state index is 0.0848. The van der Waals surface area contributed by atoms with Crippen LogP contribution in [0.4, 0.5) is 0 Å². The van der Waals surface area contributed by atoms with Gasteiger partial charge in [0, 0.05) is 24.7 Å². The Morgan fingerprint density at radius 1 is 1.24 bits per heavy atom. The van der Waals surface area contributed by atoms with Crippen molar-refractivity contribution in [1.29, 1.82) is 5.26 Å². The molecule has 1 aliphatic heterocycles. The molecule has 0 aliphatic carbocycles. The highest BCUT2D eigenvalue weighted by Gasteiger charge is 2.19. The number of nitrogens with zero attached hydrogens (tertiary/aromatic N) is 2. The Labute approximate surface area is 101 Å². The van der Waals surface area contributed by atoms with Gasteiger partial charge in [-0.05, 0) is 25.0 Å². The first-order chi connectivity index (χ1) is 8.31. The predicted molar refractivity (Wildman–Crippen MR) is 65.3 cm³/mol. The molecule has 1 saturated heterocycles. The lowest BCUT2D eigenvalue weighted by atomic mass is 10.0. The Morgan fingerprint density at radius 3 is 2.47 bits per heavy atom. The average Bonchev–Trinajstić information content (AvgIpc) is 2.40. The molecule has 1 fully saturated rings. The molecule has 3 nitrogen and oxygen atoms in total. The summed E-state index contributed by atoms with van der Waals surface area (Å²) in [6.07, 6.45) is 3.22. The van der Waals surface area contributed by atoms with Gasteiger partial charge < -0.3 is 4.90 Å². The molecule has 0 unspecified atom stereocenters. The van der Waals surface area contributed by atoms with Crippen molar-refractivity contribution in [2.75, 3.05) is 13.1 Å². The highest BCUT2D eigenvalue weighted by molar-refractivity contribution is 5.94. The Balaban J connectivity index is 2.01. The monoisotopic (exact) mass is 226 g/mol. The number of carbonyl (C=O) groups is 1. The summed E-state index contributed by atoms with van der Waals surface area (Å²) in [5, 5.41) is 8.56. The first kappa shape index (κ1) is 11.4. The Hall–Kier alpha value is -2.08. The summed E-state index contributed by atoms with van der Waals surface area (Å²) in [6.45, 7) is 1.42. The van der Waals surface area contributed by atoms with E-state index < -0.39 is 0 Å². The molecule has 86 valence electrons. The molecule has 0 radical (unpaired) electrons. The zero-order chi connectivity index (χ0) is 12.1. The van der Waals surface area contributed by atoms with E-state index in [1.54, 1.807) is 6.08 Å². The lowest BCUT2D eigenvalue weighted by Gasteiger charge is -2.28. The van der Waals surface area contributed by atoms with E-state index in [9.17, 15) is 4.79 Å². The first-order valence-corrected chi connectivity index (χ1v) is 5.73. The summed E-state index contributed by atoms with van der Waals surface area (Å²) in [5.41, 5.74) is 1.88. The van der Waals surface area contributed by atoms with Crippen molar-refractivity contribution in [2.24, 2.45) is 0 Å². The van der Waals surface area contributed by atoms with Gasteiger partial charge in [-0.1, -0.05) is 23.8 Å². The van der Waals surface area contributed by atoms with E-state index in [0.717, 1.165) is 24.0 Å². The molecule has 3 heteroatoms. The molecule has 1 heterocycles. The molecule has 0 saturated carbocycles. The lowest BCUT2D eigenvalue weighted by molar-refractivity contribution is 0.0743. The fraction of sp³-hybridized carbons (Fsp3) is 0.286. The topological polar surface area (TPSA) is 44.1 Å². The van der Waals surface area contributed by atoms with E-state index in [1.807, 2.05) is 41.3 Å². The molecular formula is C14H14N2O. The van der Waals surface area contributed by atoms with E-state index in [1.165, 1.54) is 0 Å². The summed E-state index contributed by atoms with van der Waals surface area (Å²) in [5.74, 6) is 0.0848. The van der Waals surface area contributed by atoms with Gasteiger partial charge in [-0.25, -0.2) is 0 Å². The van der Waals surface area contributed by atoms with Crippen molar-refractivity contribution >= 4 is 5.91 Å². The zero-order valence-corrected chi connectivity index (χ0v) is 9.60. The number of carbonyl (C=O) groups excluding carboxylic acids is 1. The minimum Gasteiger partial charge on any atom is -0.338 e. The molecule has 0 spiro atoms. The predicted octanol–water partition coefficient (Wildman–Crippen LogP) is 2.37. The van der Waals surface area contributed by atoms with Gasteiger partial charge in [-0.2, -0.15) is 5.26 Å². The molecular weight excluding hydrogens is 212 g/mol. The largest absolute Gasteiger partial charge is 0.338 e. The fourth-order valence-electron chi connectivity index (χ4n) is 2.00. The van der Waals surface area contributed by atoms with Crippen LogP contribution in [0.15, 0.2) is 42.0 Å². The minimum atomic E-state index is 0.0848. The number of hydrogen-bond donors (Lipinski definition) is 0. The Bertz CT molecular complexity index is 461. The number of rotatable bonds is 1. The molecule has 1 aromatic rings. The molecule has 0 aromatic heterocycles. The van der Waals surface area contributed by atoms with Crippen molar-refractivity contribution in [3.05, 3.63) is 47.5 Å². The van der Waals surface area contributed by atoms with E-state index in [0.29, 0.717) is 13.1 Å². The van der Waals surface area contributed by atoms with E-state index in [4.69, 9.17) is 5.26 Å². The molecule has 17 heavy (non-hydrogen) atoms. The summed E-state index contributed by atoms with van der Waals surface area (Å²) >= 11 is 0. The van der Waals surface area contributed by atoms with Crippen LogP contribution >= 0.6 is 0 Å². The van der Waals surface area contributed by atoms with Crippen LogP contribution in [0.25, 0.3) is 0 Å². The number of likely N-dealkylation sites (tertiary alicyclic amines) is 1. The van der Waals surface area contributed by atoms with Crippen LogP contribution < -0.4 is 0 Å². The maximum absolute atomic E-state index is 12.1. The number of benzene rings is 1. The van der Waals surface area contributed by atoms with E-state index in [2.05, 4.69) is 0 Å². The lowest BCUT2D eigenvalue weighted by Crippen LogP contribution is -2.36. The van der Waals surface area contributed by atoms with Crippen molar-refractivity contribution in [3.8, 4) is 6.07 Å². The molecule has 1 amide bonds. The first-order valence-electron chi connectivity index (χ1n) is 5.73. The number of allylic oxidation sites excluding steroid dienone is 1. The van der Waals surface area contributed by atoms with Crippen molar-refractivity contribution in [2.45, 2.75) is 12.8 Å². The van der Waals surface area contributed by atoms with Crippen molar-refractivity contribution < 1.29 is 4.79 Å². The number of nitriles is 1. The van der Waals surface area contributed by atoms with Gasteiger partial charge in [0.2, 0.25) is 0 Å². The number of hydrogen-bond acceptors (Lipinski definition) is 2. The Morgan fingerprint density at radius 2 is 1.88 bits per heavy atom. The molecule has 0 bridgehead atoms. The van der Waals surface area contributed by atoms with Gasteiger partial charge in [-0.3, -0.25) is 4.79 Å². The van der Waals surface area contributed by atoms with Crippen molar-refractivity contribution in [1.82, 2.24) is 4.90 Å². The van der Waals surface area contributed by atoms with Gasteiger partial charge in [0.05, 0.1) is 6.07 Å². The normalized spacial score (nSPS) is 15.2. The SMILES string of the molecule is N#CC=C1CCN(C(=O)c2ccccc2)CC1. The highest BCUT2D eigenvalue weighted by Crippen LogP contribution is 2.17. The zero-order valence-electron chi connectivity index (χ0n) is 9.60. The smallest absolute Gasteiger partial charge is 0.253 e. The van der Waals surface area contributed by atoms with Gasteiger partial charge in [0.15, 0.2) is 0 Å². The number of piperidine rings is 1. The summed E-state index contributed by atoms with van der Waals surface area (Å²) < 4.78 is 0. The maximum Gasteiger partial charge on any atom is 0.253 e. The van der Waals surface area contributed by atoms with E-state index >= 15 is 0 Å². The average molecular weight is 226 g/mol. The molecule has 1 aromatic carbocycles. The van der Waals surface area contributed by atoms with Gasteiger partial charge in [0.25, 0.3) is 5.91 Å². The molecule has 2 rings (SSSR count). The molecule has 1 aliphatic rings. The standard InChI is InChI=1S/C14H14N2O/c15-9-6-12-7-10-16(11-8-12)14(17)13-4-2-1-3-5-13/h1-6H,7-8,10-11H2. The van der Waals surface area contributed by atoms with Gasteiger partial charge in [-0.15, -0.1) is 0 Å². The van der Waals surface area contributed by atoms with Gasteiger partial charge in [0.1, 0.15) is 0 Å². The third kappa shape index (κ3) is 2.73. The van der Waals surface area contributed by atoms with E-state index in [-0.39, 0.29) is 5.91 Å². The second-order valence-corrected chi connectivity index (χ2v) is 4.09. The van der Waals surface area contributed by atoms with Crippen LogP contribution in [0.5, 0.6) is 0 Å². The second-order valence-electron chi connectivity index (χ2n) is 4.09. The summed E-state index contributed by atoms with van der Waals surface area (Å²) in [6, 6.07) is 11.4. The molecule has 0 atom stereocenters. The quantitative estimate of drug-likeness (QED) is 0.690.